The Hall–Kier alpha value is -0.690. The van der Waals surface area contributed by atoms with E-state index in [1.165, 1.54) is 0 Å². The highest BCUT2D eigenvalue weighted by molar-refractivity contribution is 14.1. The first-order chi connectivity index (χ1) is 8.69. The van der Waals surface area contributed by atoms with Gasteiger partial charge in [-0.2, -0.15) is 0 Å². The zero-order valence-electron chi connectivity index (χ0n) is 9.37. The third kappa shape index (κ3) is 3.65. The fourth-order valence-electron chi connectivity index (χ4n) is 1.41. The SMILES string of the molecule is Fc1cc(CI)ccc1COc1cccc(Br)n1. The second-order valence-electron chi connectivity index (χ2n) is 3.65. The van der Waals surface area contributed by atoms with Gasteiger partial charge in [0.1, 0.15) is 17.0 Å². The van der Waals surface area contributed by atoms with Crippen molar-refractivity contribution >= 4 is 38.5 Å². The van der Waals surface area contributed by atoms with Gasteiger partial charge in [-0.05, 0) is 33.6 Å². The summed E-state index contributed by atoms with van der Waals surface area (Å²) < 4.78 is 20.6. The number of benzene rings is 1. The predicted octanol–water partition coefficient (Wildman–Crippen LogP) is 4.50. The summed E-state index contributed by atoms with van der Waals surface area (Å²) in [6, 6.07) is 10.6. The molecular formula is C13H10BrFINO. The van der Waals surface area contributed by atoms with Crippen LogP contribution in [0.1, 0.15) is 11.1 Å². The largest absolute Gasteiger partial charge is 0.473 e. The second kappa shape index (κ2) is 6.47. The molecule has 0 atom stereocenters. The number of rotatable bonds is 4. The summed E-state index contributed by atoms with van der Waals surface area (Å²) in [5.41, 5.74) is 1.50. The lowest BCUT2D eigenvalue weighted by molar-refractivity contribution is 0.287. The summed E-state index contributed by atoms with van der Waals surface area (Å²) in [6.45, 7) is 0.177. The molecule has 0 amide bonds. The van der Waals surface area contributed by atoms with E-state index in [4.69, 9.17) is 4.74 Å². The smallest absolute Gasteiger partial charge is 0.214 e. The minimum absolute atomic E-state index is 0.177. The van der Waals surface area contributed by atoms with Gasteiger partial charge in [0.2, 0.25) is 5.88 Å². The highest BCUT2D eigenvalue weighted by atomic mass is 127. The van der Waals surface area contributed by atoms with Crippen LogP contribution < -0.4 is 4.74 Å². The van der Waals surface area contributed by atoms with Gasteiger partial charge in [-0.25, -0.2) is 9.37 Å². The number of nitrogens with zero attached hydrogens (tertiary/aromatic N) is 1. The molecule has 2 aromatic rings. The molecule has 18 heavy (non-hydrogen) atoms. The van der Waals surface area contributed by atoms with E-state index in [1.807, 2.05) is 18.2 Å². The molecule has 0 bridgehead atoms. The number of halogens is 3. The van der Waals surface area contributed by atoms with Crippen molar-refractivity contribution in [3.63, 3.8) is 0 Å². The molecule has 1 aromatic heterocycles. The highest BCUT2D eigenvalue weighted by Gasteiger charge is 2.05. The number of pyridine rings is 1. The maximum atomic E-state index is 13.7. The first-order valence-corrected chi connectivity index (χ1v) is 7.59. The van der Waals surface area contributed by atoms with Crippen molar-refractivity contribution in [2.45, 2.75) is 11.0 Å². The summed E-state index contributed by atoms with van der Waals surface area (Å²) in [7, 11) is 0. The van der Waals surface area contributed by atoms with E-state index in [9.17, 15) is 4.39 Å². The fourth-order valence-corrected chi connectivity index (χ4v) is 2.21. The Morgan fingerprint density at radius 1 is 1.28 bits per heavy atom. The molecule has 0 N–H and O–H groups in total. The van der Waals surface area contributed by atoms with Crippen LogP contribution in [0.3, 0.4) is 0 Å². The van der Waals surface area contributed by atoms with Gasteiger partial charge in [0.25, 0.3) is 0 Å². The molecule has 94 valence electrons. The van der Waals surface area contributed by atoms with Crippen LogP contribution in [-0.4, -0.2) is 4.98 Å². The minimum atomic E-state index is -0.237. The van der Waals surface area contributed by atoms with Crippen molar-refractivity contribution in [2.75, 3.05) is 0 Å². The van der Waals surface area contributed by atoms with Crippen LogP contribution in [0.15, 0.2) is 41.0 Å². The lowest BCUT2D eigenvalue weighted by Crippen LogP contribution is -2.00. The monoisotopic (exact) mass is 421 g/mol. The van der Waals surface area contributed by atoms with Gasteiger partial charge in [-0.15, -0.1) is 0 Å². The summed E-state index contributed by atoms with van der Waals surface area (Å²) in [6.07, 6.45) is 0. The van der Waals surface area contributed by atoms with Crippen LogP contribution in [-0.2, 0) is 11.0 Å². The molecule has 0 spiro atoms. The quantitative estimate of drug-likeness (QED) is 0.412. The van der Waals surface area contributed by atoms with Crippen molar-refractivity contribution in [1.29, 1.82) is 0 Å². The van der Waals surface area contributed by atoms with E-state index in [1.54, 1.807) is 18.2 Å². The summed E-state index contributed by atoms with van der Waals surface area (Å²) >= 11 is 5.46. The van der Waals surface area contributed by atoms with Gasteiger partial charge < -0.3 is 4.74 Å². The first kappa shape index (κ1) is 13.7. The fraction of sp³-hybridized carbons (Fsp3) is 0.154. The van der Waals surface area contributed by atoms with E-state index in [-0.39, 0.29) is 12.4 Å². The van der Waals surface area contributed by atoms with E-state index < -0.39 is 0 Å². The summed E-state index contributed by atoms with van der Waals surface area (Å²) in [5.74, 6) is 0.237. The van der Waals surface area contributed by atoms with E-state index >= 15 is 0 Å². The predicted molar refractivity (Wildman–Crippen MR) is 80.4 cm³/mol. The number of hydrogen-bond acceptors (Lipinski definition) is 2. The van der Waals surface area contributed by atoms with E-state index in [0.29, 0.717) is 16.0 Å². The highest BCUT2D eigenvalue weighted by Crippen LogP contribution is 2.17. The number of alkyl halides is 1. The Balaban J connectivity index is 2.06. The lowest BCUT2D eigenvalue weighted by atomic mass is 10.1. The van der Waals surface area contributed by atoms with Crippen molar-refractivity contribution in [1.82, 2.24) is 4.98 Å². The topological polar surface area (TPSA) is 22.1 Å². The summed E-state index contributed by atoms with van der Waals surface area (Å²) in [4.78, 5) is 4.12. The molecular weight excluding hydrogens is 412 g/mol. The van der Waals surface area contributed by atoms with Crippen LogP contribution in [0.5, 0.6) is 5.88 Å². The van der Waals surface area contributed by atoms with Crippen LogP contribution in [0.25, 0.3) is 0 Å². The zero-order chi connectivity index (χ0) is 13.0. The van der Waals surface area contributed by atoms with Crippen LogP contribution in [0.2, 0.25) is 0 Å². The molecule has 0 unspecified atom stereocenters. The minimum Gasteiger partial charge on any atom is -0.473 e. The van der Waals surface area contributed by atoms with E-state index in [2.05, 4.69) is 43.5 Å². The maximum Gasteiger partial charge on any atom is 0.214 e. The Labute approximate surface area is 127 Å². The van der Waals surface area contributed by atoms with Gasteiger partial charge in [-0.3, -0.25) is 0 Å². The van der Waals surface area contributed by atoms with Crippen molar-refractivity contribution in [2.24, 2.45) is 0 Å². The van der Waals surface area contributed by atoms with Gasteiger partial charge in [0, 0.05) is 16.1 Å². The van der Waals surface area contributed by atoms with Crippen LogP contribution >= 0.6 is 38.5 Å². The third-order valence-electron chi connectivity index (χ3n) is 2.34. The molecule has 0 radical (unpaired) electrons. The third-order valence-corrected chi connectivity index (χ3v) is 3.66. The lowest BCUT2D eigenvalue weighted by Gasteiger charge is -2.07. The van der Waals surface area contributed by atoms with Crippen molar-refractivity contribution in [3.05, 3.63) is 57.9 Å². The van der Waals surface area contributed by atoms with Gasteiger partial charge >= 0.3 is 0 Å². The molecule has 1 heterocycles. The molecule has 5 heteroatoms. The van der Waals surface area contributed by atoms with Crippen molar-refractivity contribution < 1.29 is 9.13 Å². The Bertz CT molecular complexity index is 550. The number of ether oxygens (including phenoxy) is 1. The Morgan fingerprint density at radius 3 is 2.78 bits per heavy atom. The maximum absolute atomic E-state index is 13.7. The molecule has 0 fully saturated rings. The van der Waals surface area contributed by atoms with E-state index in [0.717, 1.165) is 9.99 Å². The van der Waals surface area contributed by atoms with Crippen LogP contribution in [0, 0.1) is 5.82 Å². The average Bonchev–Trinajstić information content (AvgIpc) is 2.37. The molecule has 1 aromatic carbocycles. The zero-order valence-corrected chi connectivity index (χ0v) is 13.1. The molecule has 0 saturated carbocycles. The standard InChI is InChI=1S/C13H10BrFINO/c14-12-2-1-3-13(17-12)18-8-10-5-4-9(7-16)6-11(10)15/h1-6H,7-8H2. The van der Waals surface area contributed by atoms with Gasteiger partial charge in [0.05, 0.1) is 0 Å². The normalized spacial score (nSPS) is 10.4. The molecule has 0 aliphatic carbocycles. The second-order valence-corrected chi connectivity index (χ2v) is 5.22. The molecule has 0 aliphatic rings. The molecule has 0 saturated heterocycles. The Morgan fingerprint density at radius 2 is 2.11 bits per heavy atom. The number of aromatic nitrogens is 1. The van der Waals surface area contributed by atoms with Gasteiger partial charge in [0.15, 0.2) is 0 Å². The van der Waals surface area contributed by atoms with Gasteiger partial charge in [-0.1, -0.05) is 40.8 Å². The van der Waals surface area contributed by atoms with Crippen molar-refractivity contribution in [3.8, 4) is 5.88 Å². The number of hydrogen-bond donors (Lipinski definition) is 0. The molecule has 2 nitrogen and oxygen atoms in total. The first-order valence-electron chi connectivity index (χ1n) is 5.27. The Kier molecular flexibility index (Phi) is 4.94. The average molecular weight is 422 g/mol. The molecule has 2 rings (SSSR count). The summed E-state index contributed by atoms with van der Waals surface area (Å²) in [5, 5.41) is 0. The molecule has 0 aliphatic heterocycles. The van der Waals surface area contributed by atoms with Crippen LogP contribution in [0.4, 0.5) is 4.39 Å².